The molecule has 3 N–H and O–H groups in total. The van der Waals surface area contributed by atoms with Gasteiger partial charge in [-0.2, -0.15) is 0 Å². The van der Waals surface area contributed by atoms with E-state index >= 15 is 0 Å². The van der Waals surface area contributed by atoms with Crippen molar-refractivity contribution in [1.29, 1.82) is 0 Å². The molecule has 0 aromatic heterocycles. The quantitative estimate of drug-likeness (QED) is 0.289. The number of rotatable bonds is 16. The van der Waals surface area contributed by atoms with Gasteiger partial charge in [0.2, 0.25) is 0 Å². The van der Waals surface area contributed by atoms with Crippen LogP contribution in [-0.2, 0) is 4.79 Å². The van der Waals surface area contributed by atoms with Gasteiger partial charge in [0.1, 0.15) is 0 Å². The van der Waals surface area contributed by atoms with E-state index in [4.69, 9.17) is 10.2 Å². The van der Waals surface area contributed by atoms with Gasteiger partial charge >= 0.3 is 41.6 Å². The number of hydrogen-bond donors (Lipinski definition) is 3. The van der Waals surface area contributed by atoms with Crippen molar-refractivity contribution in [2.24, 2.45) is 0 Å². The number of carbonyl (C=O) groups excluding carboxylic acids is 1. The van der Waals surface area contributed by atoms with Crippen molar-refractivity contribution in [1.82, 2.24) is 10.2 Å². The average molecular weight is 368 g/mol. The first-order valence-electron chi connectivity index (χ1n) is 9.47. The van der Waals surface area contributed by atoms with E-state index in [9.17, 15) is 9.59 Å². The number of aliphatic carboxylic acids is 1. The Kier molecular flexibility index (Phi) is 21.6. The van der Waals surface area contributed by atoms with Crippen LogP contribution in [0.5, 0.6) is 0 Å². The SMILES string of the molecule is CCCCCCCCCCCCN(CCO)C(=O)NCCC(=O)O.[NaH]. The van der Waals surface area contributed by atoms with Crippen LogP contribution >= 0.6 is 0 Å². The zero-order chi connectivity index (χ0) is 18.0. The second-order valence-electron chi connectivity index (χ2n) is 6.27. The van der Waals surface area contributed by atoms with Gasteiger partial charge in [0.25, 0.3) is 0 Å². The number of aliphatic hydroxyl groups is 1. The van der Waals surface area contributed by atoms with Gasteiger partial charge in [-0.1, -0.05) is 64.7 Å². The van der Waals surface area contributed by atoms with E-state index in [1.807, 2.05) is 0 Å². The van der Waals surface area contributed by atoms with Crippen LogP contribution in [0.2, 0.25) is 0 Å². The number of aliphatic hydroxyl groups excluding tert-OH is 1. The Balaban J connectivity index is 0. The number of urea groups is 1. The van der Waals surface area contributed by atoms with Gasteiger partial charge in [0.05, 0.1) is 13.0 Å². The van der Waals surface area contributed by atoms with E-state index in [0.717, 1.165) is 12.8 Å². The Morgan fingerprint density at radius 1 is 0.880 bits per heavy atom. The first-order valence-corrected chi connectivity index (χ1v) is 9.47. The topological polar surface area (TPSA) is 89.9 Å². The third-order valence-electron chi connectivity index (χ3n) is 4.05. The summed E-state index contributed by atoms with van der Waals surface area (Å²) in [6.07, 6.45) is 12.3. The summed E-state index contributed by atoms with van der Waals surface area (Å²) >= 11 is 0. The number of nitrogens with one attached hydrogen (secondary N) is 1. The van der Waals surface area contributed by atoms with Crippen molar-refractivity contribution in [2.45, 2.75) is 77.6 Å². The summed E-state index contributed by atoms with van der Waals surface area (Å²) in [4.78, 5) is 23.9. The molecule has 25 heavy (non-hydrogen) atoms. The predicted molar refractivity (Wildman–Crippen MR) is 103 cm³/mol. The molecule has 2 amide bonds. The molecule has 0 radical (unpaired) electrons. The van der Waals surface area contributed by atoms with Gasteiger partial charge in [0.15, 0.2) is 0 Å². The van der Waals surface area contributed by atoms with E-state index < -0.39 is 5.97 Å². The van der Waals surface area contributed by atoms with Gasteiger partial charge < -0.3 is 20.4 Å². The summed E-state index contributed by atoms with van der Waals surface area (Å²) in [6.45, 7) is 3.16. The molecule has 6 nitrogen and oxygen atoms in total. The van der Waals surface area contributed by atoms with Gasteiger partial charge in [-0.05, 0) is 6.42 Å². The molecule has 0 spiro atoms. The molecule has 0 saturated carbocycles. The Bertz CT molecular complexity index is 330. The third kappa shape index (κ3) is 18.3. The van der Waals surface area contributed by atoms with Crippen molar-refractivity contribution in [3.05, 3.63) is 0 Å². The van der Waals surface area contributed by atoms with Gasteiger partial charge in [0, 0.05) is 19.6 Å². The number of nitrogens with zero attached hydrogens (tertiary/aromatic N) is 1. The number of carbonyl (C=O) groups is 2. The standard InChI is InChI=1S/C18H36N2O4.Na.H/c1-2-3-4-5-6-7-8-9-10-11-14-20(15-16-21)18(24)19-13-12-17(22)23;;/h21H,2-16H2,1H3,(H,19,24)(H,22,23);;. The van der Waals surface area contributed by atoms with Crippen LogP contribution in [0.1, 0.15) is 77.6 Å². The maximum atomic E-state index is 11.9. The molecular formula is C18H37N2NaO4. The Hall–Kier alpha value is -0.300. The Labute approximate surface area is 175 Å². The van der Waals surface area contributed by atoms with Crippen molar-refractivity contribution in [2.75, 3.05) is 26.2 Å². The summed E-state index contributed by atoms with van der Waals surface area (Å²) in [5.41, 5.74) is 0. The van der Waals surface area contributed by atoms with E-state index in [1.54, 1.807) is 4.90 Å². The second-order valence-corrected chi connectivity index (χ2v) is 6.27. The molecule has 0 unspecified atom stereocenters. The zero-order valence-electron chi connectivity index (χ0n) is 15.3. The summed E-state index contributed by atoms with van der Waals surface area (Å²) < 4.78 is 0. The van der Waals surface area contributed by atoms with E-state index in [2.05, 4.69) is 12.2 Å². The molecule has 0 aliphatic carbocycles. The van der Waals surface area contributed by atoms with Crippen LogP contribution in [-0.4, -0.2) is 82.9 Å². The number of carboxylic acid groups (broad SMARTS) is 1. The van der Waals surface area contributed by atoms with Crippen LogP contribution < -0.4 is 5.32 Å². The minimum atomic E-state index is -0.932. The molecule has 7 heteroatoms. The number of unbranched alkanes of at least 4 members (excludes halogenated alkanes) is 9. The molecule has 0 rings (SSSR count). The molecule has 0 heterocycles. The zero-order valence-corrected chi connectivity index (χ0v) is 15.3. The van der Waals surface area contributed by atoms with Crippen molar-refractivity contribution >= 4 is 41.6 Å². The van der Waals surface area contributed by atoms with Crippen molar-refractivity contribution < 1.29 is 19.8 Å². The third-order valence-corrected chi connectivity index (χ3v) is 4.05. The fraction of sp³-hybridized carbons (Fsp3) is 0.889. The molecule has 0 saturated heterocycles. The summed E-state index contributed by atoms with van der Waals surface area (Å²) in [5.74, 6) is -0.932. The fourth-order valence-corrected chi connectivity index (χ4v) is 2.61. The van der Waals surface area contributed by atoms with Crippen LogP contribution in [0.4, 0.5) is 4.79 Å². The Morgan fingerprint density at radius 2 is 1.40 bits per heavy atom. The maximum absolute atomic E-state index is 11.9. The van der Waals surface area contributed by atoms with Crippen molar-refractivity contribution in [3.8, 4) is 0 Å². The second kappa shape index (κ2) is 20.0. The minimum absolute atomic E-state index is 0. The molecule has 0 aromatic carbocycles. The first kappa shape index (κ1) is 26.9. The molecule has 0 atom stereocenters. The summed E-state index contributed by atoms with van der Waals surface area (Å²) in [5, 5.41) is 20.2. The first-order chi connectivity index (χ1) is 11.6. The summed E-state index contributed by atoms with van der Waals surface area (Å²) in [6, 6.07) is -0.291. The van der Waals surface area contributed by atoms with E-state index in [1.165, 1.54) is 51.4 Å². The summed E-state index contributed by atoms with van der Waals surface area (Å²) in [7, 11) is 0. The number of carboxylic acids is 1. The van der Waals surface area contributed by atoms with Gasteiger partial charge in [-0.25, -0.2) is 4.79 Å². The molecule has 0 fully saturated rings. The monoisotopic (exact) mass is 368 g/mol. The van der Waals surface area contributed by atoms with Crippen LogP contribution in [0.25, 0.3) is 0 Å². The number of amides is 2. The molecule has 0 bridgehead atoms. The predicted octanol–water partition coefficient (Wildman–Crippen LogP) is 2.74. The molecule has 0 aliphatic heterocycles. The average Bonchev–Trinajstić information content (AvgIpc) is 2.55. The van der Waals surface area contributed by atoms with Crippen LogP contribution in [0, 0.1) is 0 Å². The normalized spacial score (nSPS) is 10.2. The molecule has 144 valence electrons. The van der Waals surface area contributed by atoms with Crippen LogP contribution in [0.15, 0.2) is 0 Å². The van der Waals surface area contributed by atoms with E-state index in [0.29, 0.717) is 6.54 Å². The van der Waals surface area contributed by atoms with Crippen molar-refractivity contribution in [3.63, 3.8) is 0 Å². The molecule has 0 aromatic rings. The molecular weight excluding hydrogens is 331 g/mol. The fourth-order valence-electron chi connectivity index (χ4n) is 2.61. The molecule has 0 aliphatic rings. The van der Waals surface area contributed by atoms with E-state index in [-0.39, 0.29) is 61.7 Å². The Morgan fingerprint density at radius 3 is 1.88 bits per heavy atom. The van der Waals surface area contributed by atoms with Crippen LogP contribution in [0.3, 0.4) is 0 Å². The number of hydrogen-bond acceptors (Lipinski definition) is 3. The van der Waals surface area contributed by atoms with Gasteiger partial charge in [-0.3, -0.25) is 4.79 Å². The van der Waals surface area contributed by atoms with Gasteiger partial charge in [-0.15, -0.1) is 0 Å².